The number of nitrogens with one attached hydrogen (secondary N) is 2. The van der Waals surface area contributed by atoms with Crippen LogP contribution in [0.25, 0.3) is 10.6 Å². The zero-order valence-corrected chi connectivity index (χ0v) is 19.0. The van der Waals surface area contributed by atoms with Gasteiger partial charge in [0, 0.05) is 42.0 Å². The van der Waals surface area contributed by atoms with Crippen molar-refractivity contribution >= 4 is 35.0 Å². The van der Waals surface area contributed by atoms with Crippen LogP contribution < -0.4 is 10.6 Å². The maximum atomic E-state index is 13.0. The van der Waals surface area contributed by atoms with Gasteiger partial charge in [-0.3, -0.25) is 24.2 Å². The normalized spacial score (nSPS) is 12.9. The van der Waals surface area contributed by atoms with Gasteiger partial charge >= 0.3 is 0 Å². The van der Waals surface area contributed by atoms with Crippen molar-refractivity contribution in [1.82, 2.24) is 30.6 Å². The molecule has 10 nitrogen and oxygen atoms in total. The van der Waals surface area contributed by atoms with Crippen molar-refractivity contribution in [3.05, 3.63) is 71.5 Å². The molecule has 2 N–H and O–H groups in total. The lowest BCUT2D eigenvalue weighted by Crippen LogP contribution is -2.49. The molecule has 1 aromatic carbocycles. The molecule has 2 aromatic heterocycles. The van der Waals surface area contributed by atoms with Crippen molar-refractivity contribution in [1.29, 1.82) is 0 Å². The number of hydrazine groups is 1. The number of pyridine rings is 1. The van der Waals surface area contributed by atoms with E-state index in [-0.39, 0.29) is 30.6 Å². The molecular weight excluding hydrogens is 456 g/mol. The maximum Gasteiger partial charge on any atom is 0.291 e. The predicted molar refractivity (Wildman–Crippen MR) is 124 cm³/mol. The molecule has 174 valence electrons. The first kappa shape index (κ1) is 23.1. The molecule has 1 saturated heterocycles. The lowest BCUT2D eigenvalue weighted by Gasteiger charge is -2.27. The smallest absolute Gasteiger partial charge is 0.291 e. The minimum absolute atomic E-state index is 0.246. The second-order valence-corrected chi connectivity index (χ2v) is 8.26. The molecule has 0 aliphatic carbocycles. The average Bonchev–Trinajstić information content (AvgIpc) is 3.57. The SMILES string of the molecule is O=C(CNC(=O)c1ccccc1)NCC(=O)N1CCCN1C(=O)c1csc(-c2cccnc2)n1. The molecular formula is C23H22N6O4S. The van der Waals surface area contributed by atoms with Crippen LogP contribution in [0.1, 0.15) is 27.3 Å². The van der Waals surface area contributed by atoms with Crippen molar-refractivity contribution in [3.63, 3.8) is 0 Å². The van der Waals surface area contributed by atoms with Gasteiger partial charge < -0.3 is 10.6 Å². The second-order valence-electron chi connectivity index (χ2n) is 7.40. The summed E-state index contributed by atoms with van der Waals surface area (Å²) >= 11 is 1.33. The fourth-order valence-electron chi connectivity index (χ4n) is 3.39. The van der Waals surface area contributed by atoms with Gasteiger partial charge in [0.2, 0.25) is 5.91 Å². The van der Waals surface area contributed by atoms with E-state index in [9.17, 15) is 19.2 Å². The molecule has 1 fully saturated rings. The second kappa shape index (κ2) is 10.7. The number of carbonyl (C=O) groups excluding carboxylic acids is 4. The van der Waals surface area contributed by atoms with Crippen LogP contribution in [0.3, 0.4) is 0 Å². The summed E-state index contributed by atoms with van der Waals surface area (Å²) in [4.78, 5) is 58.2. The van der Waals surface area contributed by atoms with Gasteiger partial charge in [0.15, 0.2) is 0 Å². The van der Waals surface area contributed by atoms with Gasteiger partial charge in [-0.2, -0.15) is 0 Å². The van der Waals surface area contributed by atoms with Crippen molar-refractivity contribution in [2.75, 3.05) is 26.2 Å². The third-order valence-corrected chi connectivity index (χ3v) is 5.96. The van der Waals surface area contributed by atoms with Crippen LogP contribution in [0.5, 0.6) is 0 Å². The molecule has 1 aliphatic rings. The fourth-order valence-corrected chi connectivity index (χ4v) is 4.17. The minimum atomic E-state index is -0.504. The highest BCUT2D eigenvalue weighted by Gasteiger charge is 2.32. The molecule has 1 aliphatic heterocycles. The summed E-state index contributed by atoms with van der Waals surface area (Å²) in [5.74, 6) is -1.68. The van der Waals surface area contributed by atoms with E-state index in [1.54, 1.807) is 54.2 Å². The van der Waals surface area contributed by atoms with E-state index in [1.165, 1.54) is 21.4 Å². The fraction of sp³-hybridized carbons (Fsp3) is 0.217. The van der Waals surface area contributed by atoms with Gasteiger partial charge in [0.05, 0.1) is 13.1 Å². The molecule has 0 spiro atoms. The summed E-state index contributed by atoms with van der Waals surface area (Å²) in [6.45, 7) is 0.192. The molecule has 4 rings (SSSR count). The summed E-state index contributed by atoms with van der Waals surface area (Å²) in [5.41, 5.74) is 1.49. The van der Waals surface area contributed by atoms with Gasteiger partial charge in [0.1, 0.15) is 10.7 Å². The number of benzene rings is 1. The highest BCUT2D eigenvalue weighted by molar-refractivity contribution is 7.13. The predicted octanol–water partition coefficient (Wildman–Crippen LogP) is 1.34. The van der Waals surface area contributed by atoms with Gasteiger partial charge in [0.25, 0.3) is 17.7 Å². The molecule has 3 heterocycles. The van der Waals surface area contributed by atoms with Crippen LogP contribution in [-0.2, 0) is 9.59 Å². The molecule has 4 amide bonds. The molecule has 0 radical (unpaired) electrons. The largest absolute Gasteiger partial charge is 0.345 e. The Hall–Kier alpha value is -4.12. The first-order valence-electron chi connectivity index (χ1n) is 10.6. The van der Waals surface area contributed by atoms with E-state index in [2.05, 4.69) is 20.6 Å². The third-order valence-electron chi connectivity index (χ3n) is 5.07. The molecule has 0 saturated carbocycles. The lowest BCUT2D eigenvalue weighted by atomic mass is 10.2. The molecule has 0 bridgehead atoms. The van der Waals surface area contributed by atoms with Crippen LogP contribution in [0, 0.1) is 0 Å². The zero-order valence-electron chi connectivity index (χ0n) is 18.1. The highest BCUT2D eigenvalue weighted by Crippen LogP contribution is 2.24. The lowest BCUT2D eigenvalue weighted by molar-refractivity contribution is -0.140. The number of rotatable bonds is 7. The van der Waals surface area contributed by atoms with Crippen LogP contribution >= 0.6 is 11.3 Å². The zero-order chi connectivity index (χ0) is 23.9. The monoisotopic (exact) mass is 478 g/mol. The number of hydrogen-bond donors (Lipinski definition) is 2. The summed E-state index contributed by atoms with van der Waals surface area (Å²) in [7, 11) is 0. The Kier molecular flexibility index (Phi) is 7.23. The van der Waals surface area contributed by atoms with E-state index >= 15 is 0 Å². The Labute approximate surface area is 199 Å². The number of carbonyl (C=O) groups is 4. The third kappa shape index (κ3) is 5.44. The number of hydrogen-bond acceptors (Lipinski definition) is 7. The van der Waals surface area contributed by atoms with Gasteiger partial charge in [-0.05, 0) is 30.7 Å². The maximum absolute atomic E-state index is 13.0. The Morgan fingerprint density at radius 2 is 1.74 bits per heavy atom. The Morgan fingerprint density at radius 3 is 2.50 bits per heavy atom. The Morgan fingerprint density at radius 1 is 0.941 bits per heavy atom. The molecule has 11 heteroatoms. The van der Waals surface area contributed by atoms with Crippen LogP contribution in [-0.4, -0.2) is 69.8 Å². The summed E-state index contributed by atoms with van der Waals surface area (Å²) in [6.07, 6.45) is 3.95. The Balaban J connectivity index is 1.29. The number of nitrogens with zero attached hydrogens (tertiary/aromatic N) is 4. The summed E-state index contributed by atoms with van der Waals surface area (Å²) in [5, 5.41) is 10.00. The number of aromatic nitrogens is 2. The van der Waals surface area contributed by atoms with Crippen molar-refractivity contribution in [2.45, 2.75) is 6.42 Å². The van der Waals surface area contributed by atoms with Gasteiger partial charge in [-0.15, -0.1) is 11.3 Å². The van der Waals surface area contributed by atoms with E-state index in [0.717, 1.165) is 5.56 Å². The van der Waals surface area contributed by atoms with E-state index in [4.69, 9.17) is 0 Å². The van der Waals surface area contributed by atoms with Crippen LogP contribution in [0.4, 0.5) is 0 Å². The standard InChI is InChI=1S/C23H22N6O4S/c30-19(13-26-21(32)16-6-2-1-3-7-16)25-14-20(31)28-10-5-11-29(28)23(33)18-15-34-22(27-18)17-8-4-9-24-12-17/h1-4,6-9,12,15H,5,10-11,13-14H2,(H,25,30)(H,26,32). The summed E-state index contributed by atoms with van der Waals surface area (Å²) < 4.78 is 0. The molecule has 34 heavy (non-hydrogen) atoms. The molecule has 3 aromatic rings. The number of amides is 4. The topological polar surface area (TPSA) is 125 Å². The van der Waals surface area contributed by atoms with E-state index < -0.39 is 11.8 Å². The summed E-state index contributed by atoms with van der Waals surface area (Å²) in [6, 6.07) is 12.2. The van der Waals surface area contributed by atoms with Gasteiger partial charge in [-0.25, -0.2) is 15.0 Å². The highest BCUT2D eigenvalue weighted by atomic mass is 32.1. The van der Waals surface area contributed by atoms with Crippen molar-refractivity contribution in [3.8, 4) is 10.6 Å². The first-order chi connectivity index (χ1) is 16.5. The van der Waals surface area contributed by atoms with E-state index in [1.807, 2.05) is 6.07 Å². The quantitative estimate of drug-likeness (QED) is 0.528. The minimum Gasteiger partial charge on any atom is -0.345 e. The number of thiazole rings is 1. The first-order valence-corrected chi connectivity index (χ1v) is 11.5. The van der Waals surface area contributed by atoms with Crippen LogP contribution in [0.15, 0.2) is 60.2 Å². The average molecular weight is 479 g/mol. The Bertz CT molecular complexity index is 1180. The van der Waals surface area contributed by atoms with Crippen molar-refractivity contribution in [2.24, 2.45) is 0 Å². The van der Waals surface area contributed by atoms with E-state index in [0.29, 0.717) is 30.1 Å². The molecule has 0 unspecified atom stereocenters. The van der Waals surface area contributed by atoms with Gasteiger partial charge in [-0.1, -0.05) is 18.2 Å². The van der Waals surface area contributed by atoms with Crippen LogP contribution in [0.2, 0.25) is 0 Å². The van der Waals surface area contributed by atoms with Crippen molar-refractivity contribution < 1.29 is 19.2 Å². The molecule has 0 atom stereocenters.